The van der Waals surface area contributed by atoms with Crippen LogP contribution in [0.2, 0.25) is 0 Å². The number of hydrogen-bond acceptors (Lipinski definition) is 4. The summed E-state index contributed by atoms with van der Waals surface area (Å²) in [4.78, 5) is 19.3. The lowest BCUT2D eigenvalue weighted by atomic mass is 10.3. The molecule has 1 heterocycles. The third kappa shape index (κ3) is 4.25. The van der Waals surface area contributed by atoms with E-state index >= 15 is 0 Å². The highest BCUT2D eigenvalue weighted by atomic mass is 79.9. The van der Waals surface area contributed by atoms with Crippen molar-refractivity contribution in [3.8, 4) is 0 Å². The van der Waals surface area contributed by atoms with Gasteiger partial charge in [0.15, 0.2) is 0 Å². The van der Waals surface area contributed by atoms with Crippen LogP contribution in [0.25, 0.3) is 11.0 Å². The molecule has 3 N–H and O–H groups in total. The summed E-state index contributed by atoms with van der Waals surface area (Å²) >= 11 is 3.20. The largest absolute Gasteiger partial charge is 0.324 e. The molecule has 3 aromatic rings. The minimum atomic E-state index is -3.68. The normalized spacial score (nSPS) is 11.6. The minimum Gasteiger partial charge on any atom is -0.324 e. The Labute approximate surface area is 153 Å². The van der Waals surface area contributed by atoms with E-state index in [1.54, 1.807) is 18.2 Å². The maximum Gasteiger partial charge on any atom is 0.241 e. The summed E-state index contributed by atoms with van der Waals surface area (Å²) in [6.45, 7) is -0.0181. The van der Waals surface area contributed by atoms with E-state index in [1.165, 1.54) is 6.07 Å². The Morgan fingerprint density at radius 1 is 1.12 bits per heavy atom. The number of nitrogens with one attached hydrogen (secondary N) is 3. The van der Waals surface area contributed by atoms with Gasteiger partial charge in [-0.25, -0.2) is 18.1 Å². The molecule has 0 aliphatic heterocycles. The zero-order valence-corrected chi connectivity index (χ0v) is 15.4. The Kier molecular flexibility index (Phi) is 5.16. The van der Waals surface area contributed by atoms with Crippen LogP contribution in [0.4, 0.5) is 5.95 Å². The maximum atomic E-state index is 12.2. The lowest BCUT2D eigenvalue weighted by molar-refractivity contribution is -0.116. The van der Waals surface area contributed by atoms with Crippen molar-refractivity contribution in [3.63, 3.8) is 0 Å². The SMILES string of the molecule is O=C(CCNS(=O)(=O)c1ccccc1Br)Nc1nc2ccccc2[nH]1. The van der Waals surface area contributed by atoms with Crippen LogP contribution in [0.15, 0.2) is 57.9 Å². The van der Waals surface area contributed by atoms with E-state index in [0.29, 0.717) is 10.4 Å². The van der Waals surface area contributed by atoms with Gasteiger partial charge in [0, 0.05) is 17.4 Å². The second kappa shape index (κ2) is 7.34. The monoisotopic (exact) mass is 422 g/mol. The van der Waals surface area contributed by atoms with Crippen LogP contribution >= 0.6 is 15.9 Å². The third-order valence-corrected chi connectivity index (χ3v) is 5.89. The standard InChI is InChI=1S/C16H15BrN4O3S/c17-11-5-1-4-8-14(11)25(23,24)18-10-9-15(22)21-16-19-12-6-2-3-7-13(12)20-16/h1-8,18H,9-10H2,(H2,19,20,21,22). The number of aromatic amines is 1. The number of hydrogen-bond donors (Lipinski definition) is 3. The highest BCUT2D eigenvalue weighted by Crippen LogP contribution is 2.20. The van der Waals surface area contributed by atoms with Crippen molar-refractivity contribution >= 4 is 48.8 Å². The number of nitrogens with zero attached hydrogens (tertiary/aromatic N) is 1. The smallest absolute Gasteiger partial charge is 0.241 e. The summed E-state index contributed by atoms with van der Waals surface area (Å²) in [7, 11) is -3.68. The third-order valence-electron chi connectivity index (χ3n) is 3.42. The summed E-state index contributed by atoms with van der Waals surface area (Å²) in [6.07, 6.45) is -0.0132. The predicted octanol–water partition coefficient (Wildman–Crippen LogP) is 2.63. The summed E-state index contributed by atoms with van der Waals surface area (Å²) in [5.74, 6) is -0.00579. The highest BCUT2D eigenvalue weighted by molar-refractivity contribution is 9.10. The van der Waals surface area contributed by atoms with E-state index in [-0.39, 0.29) is 23.8 Å². The van der Waals surface area contributed by atoms with E-state index in [2.05, 4.69) is 35.9 Å². The number of rotatable bonds is 6. The molecule has 0 fully saturated rings. The van der Waals surface area contributed by atoms with Gasteiger partial charge in [-0.3, -0.25) is 10.1 Å². The van der Waals surface area contributed by atoms with Gasteiger partial charge < -0.3 is 4.98 Å². The van der Waals surface area contributed by atoms with Crippen molar-refractivity contribution < 1.29 is 13.2 Å². The first-order valence-corrected chi connectivity index (χ1v) is 9.72. The molecule has 3 rings (SSSR count). The second-order valence-corrected chi connectivity index (χ2v) is 7.82. The average molecular weight is 423 g/mol. The fraction of sp³-hybridized carbons (Fsp3) is 0.125. The van der Waals surface area contributed by atoms with Crippen molar-refractivity contribution in [2.75, 3.05) is 11.9 Å². The van der Waals surface area contributed by atoms with Gasteiger partial charge in [-0.05, 0) is 40.2 Å². The Morgan fingerprint density at radius 2 is 1.84 bits per heavy atom. The topological polar surface area (TPSA) is 104 Å². The van der Waals surface area contributed by atoms with Gasteiger partial charge in [-0.2, -0.15) is 0 Å². The van der Waals surface area contributed by atoms with E-state index in [0.717, 1.165) is 11.0 Å². The summed E-state index contributed by atoms with van der Waals surface area (Å²) < 4.78 is 27.3. The Hall–Kier alpha value is -2.23. The summed E-state index contributed by atoms with van der Waals surface area (Å²) in [5, 5.41) is 2.62. The highest BCUT2D eigenvalue weighted by Gasteiger charge is 2.17. The van der Waals surface area contributed by atoms with E-state index < -0.39 is 10.0 Å². The van der Waals surface area contributed by atoms with Crippen LogP contribution in [0.3, 0.4) is 0 Å². The number of anilines is 1. The molecule has 0 aliphatic carbocycles. The number of aromatic nitrogens is 2. The van der Waals surface area contributed by atoms with Crippen molar-refractivity contribution in [3.05, 3.63) is 53.0 Å². The van der Waals surface area contributed by atoms with Crippen LogP contribution < -0.4 is 10.0 Å². The molecule has 2 aromatic carbocycles. The first-order chi connectivity index (χ1) is 12.0. The van der Waals surface area contributed by atoms with Crippen molar-refractivity contribution in [2.24, 2.45) is 0 Å². The fourth-order valence-electron chi connectivity index (χ4n) is 2.25. The van der Waals surface area contributed by atoms with Gasteiger partial charge in [0.05, 0.1) is 15.9 Å². The molecule has 0 saturated heterocycles. The number of imidazole rings is 1. The number of sulfonamides is 1. The number of carbonyl (C=O) groups excluding carboxylic acids is 1. The molecule has 0 bridgehead atoms. The molecule has 0 saturated carbocycles. The molecule has 9 heteroatoms. The number of para-hydroxylation sites is 2. The number of halogens is 1. The lowest BCUT2D eigenvalue weighted by Gasteiger charge is -2.08. The van der Waals surface area contributed by atoms with Gasteiger partial charge >= 0.3 is 0 Å². The predicted molar refractivity (Wildman–Crippen MR) is 98.7 cm³/mol. The number of fused-ring (bicyclic) bond motifs is 1. The van der Waals surface area contributed by atoms with Gasteiger partial charge in [-0.15, -0.1) is 0 Å². The van der Waals surface area contributed by atoms with Crippen LogP contribution in [0.1, 0.15) is 6.42 Å². The molecule has 25 heavy (non-hydrogen) atoms. The van der Waals surface area contributed by atoms with Crippen molar-refractivity contribution in [1.82, 2.24) is 14.7 Å². The molecular formula is C16H15BrN4O3S. The molecule has 0 unspecified atom stereocenters. The molecule has 0 aliphatic rings. The quantitative estimate of drug-likeness (QED) is 0.567. The first kappa shape index (κ1) is 17.6. The molecule has 1 aromatic heterocycles. The number of carbonyl (C=O) groups is 1. The van der Waals surface area contributed by atoms with Crippen LogP contribution in [0, 0.1) is 0 Å². The van der Waals surface area contributed by atoms with E-state index in [4.69, 9.17) is 0 Å². The van der Waals surface area contributed by atoms with Gasteiger partial charge in [0.2, 0.25) is 21.9 Å². The zero-order chi connectivity index (χ0) is 17.9. The van der Waals surface area contributed by atoms with Crippen LogP contribution in [0.5, 0.6) is 0 Å². The number of amides is 1. The number of benzene rings is 2. The first-order valence-electron chi connectivity index (χ1n) is 7.44. The van der Waals surface area contributed by atoms with Gasteiger partial charge in [0.1, 0.15) is 0 Å². The molecule has 0 spiro atoms. The Balaban J connectivity index is 1.56. The summed E-state index contributed by atoms with van der Waals surface area (Å²) in [6, 6.07) is 13.9. The lowest BCUT2D eigenvalue weighted by Crippen LogP contribution is -2.28. The molecule has 0 atom stereocenters. The van der Waals surface area contributed by atoms with Crippen molar-refractivity contribution in [2.45, 2.75) is 11.3 Å². The van der Waals surface area contributed by atoms with Crippen LogP contribution in [-0.4, -0.2) is 30.8 Å². The maximum absolute atomic E-state index is 12.2. The molecule has 130 valence electrons. The van der Waals surface area contributed by atoms with Crippen molar-refractivity contribution in [1.29, 1.82) is 0 Å². The Bertz CT molecular complexity index is 984. The fourth-order valence-corrected chi connectivity index (χ4v) is 4.28. The zero-order valence-electron chi connectivity index (χ0n) is 13.0. The Morgan fingerprint density at radius 3 is 2.60 bits per heavy atom. The minimum absolute atomic E-state index is 0.0132. The molecule has 7 nitrogen and oxygen atoms in total. The summed E-state index contributed by atoms with van der Waals surface area (Å²) in [5.41, 5.74) is 1.56. The average Bonchev–Trinajstić information content (AvgIpc) is 2.97. The molecular weight excluding hydrogens is 408 g/mol. The molecule has 1 amide bonds. The van der Waals surface area contributed by atoms with E-state index in [9.17, 15) is 13.2 Å². The van der Waals surface area contributed by atoms with Gasteiger partial charge in [-0.1, -0.05) is 24.3 Å². The van der Waals surface area contributed by atoms with Gasteiger partial charge in [0.25, 0.3) is 0 Å². The number of H-pyrrole nitrogens is 1. The molecule has 0 radical (unpaired) electrons. The van der Waals surface area contributed by atoms with Crippen LogP contribution in [-0.2, 0) is 14.8 Å². The second-order valence-electron chi connectivity index (χ2n) is 5.23. The van der Waals surface area contributed by atoms with E-state index in [1.807, 2.05) is 24.3 Å².